The molecule has 0 aliphatic rings. The third-order valence-electron chi connectivity index (χ3n) is 2.42. The van der Waals surface area contributed by atoms with Crippen LogP contribution in [0.1, 0.15) is 12.0 Å². The summed E-state index contributed by atoms with van der Waals surface area (Å²) < 4.78 is 22.0. The maximum absolute atomic E-state index is 11.0. The summed E-state index contributed by atoms with van der Waals surface area (Å²) in [5, 5.41) is 8.78. The Morgan fingerprint density at radius 2 is 2.12 bits per heavy atom. The van der Waals surface area contributed by atoms with Crippen LogP contribution < -0.4 is 4.90 Å². The number of anilines is 1. The highest BCUT2D eigenvalue weighted by atomic mass is 32.2. The fraction of sp³-hybridized carbons (Fsp3) is 0.417. The molecule has 0 saturated carbocycles. The highest BCUT2D eigenvalue weighted by Crippen LogP contribution is 2.14. The van der Waals surface area contributed by atoms with E-state index in [0.29, 0.717) is 18.5 Å². The van der Waals surface area contributed by atoms with Crippen LogP contribution in [0.3, 0.4) is 0 Å². The Kier molecular flexibility index (Phi) is 4.53. The van der Waals surface area contributed by atoms with Gasteiger partial charge in [-0.15, -0.1) is 0 Å². The second-order valence-electron chi connectivity index (χ2n) is 4.07. The van der Waals surface area contributed by atoms with Gasteiger partial charge in [0, 0.05) is 25.5 Å². The number of nitriles is 1. The van der Waals surface area contributed by atoms with Crippen LogP contribution in [0.5, 0.6) is 0 Å². The van der Waals surface area contributed by atoms with E-state index in [4.69, 9.17) is 5.26 Å². The molecule has 92 valence electrons. The van der Waals surface area contributed by atoms with Gasteiger partial charge in [0.05, 0.1) is 17.4 Å². The Balaban J connectivity index is 2.58. The summed E-state index contributed by atoms with van der Waals surface area (Å²) in [4.78, 5) is 1.95. The number of nitrogens with zero attached hydrogens (tertiary/aromatic N) is 2. The molecule has 0 heterocycles. The van der Waals surface area contributed by atoms with Crippen LogP contribution in [-0.4, -0.2) is 34.0 Å². The van der Waals surface area contributed by atoms with Gasteiger partial charge in [-0.1, -0.05) is 6.07 Å². The van der Waals surface area contributed by atoms with Gasteiger partial charge < -0.3 is 4.90 Å². The van der Waals surface area contributed by atoms with E-state index in [-0.39, 0.29) is 5.75 Å². The molecule has 0 aliphatic carbocycles. The lowest BCUT2D eigenvalue weighted by Crippen LogP contribution is -2.20. The van der Waals surface area contributed by atoms with Crippen LogP contribution in [0, 0.1) is 11.3 Å². The van der Waals surface area contributed by atoms with Crippen LogP contribution in [0.2, 0.25) is 0 Å². The molecule has 1 aromatic carbocycles. The first kappa shape index (κ1) is 13.5. The quantitative estimate of drug-likeness (QED) is 0.795. The molecule has 0 fully saturated rings. The summed E-state index contributed by atoms with van der Waals surface area (Å²) in [6, 6.07) is 9.34. The average molecular weight is 252 g/mol. The molecule has 0 spiro atoms. The van der Waals surface area contributed by atoms with Crippen molar-refractivity contribution in [1.29, 1.82) is 5.26 Å². The van der Waals surface area contributed by atoms with Crippen LogP contribution in [0.4, 0.5) is 5.69 Å². The Morgan fingerprint density at radius 1 is 1.41 bits per heavy atom. The zero-order valence-electron chi connectivity index (χ0n) is 10.0. The van der Waals surface area contributed by atoms with E-state index in [0.717, 1.165) is 5.69 Å². The van der Waals surface area contributed by atoms with E-state index in [1.165, 1.54) is 6.26 Å². The van der Waals surface area contributed by atoms with Crippen molar-refractivity contribution in [2.45, 2.75) is 6.42 Å². The van der Waals surface area contributed by atoms with Crippen molar-refractivity contribution < 1.29 is 8.42 Å². The lowest BCUT2D eigenvalue weighted by molar-refractivity contribution is 0.599. The Morgan fingerprint density at radius 3 is 2.71 bits per heavy atom. The normalized spacial score (nSPS) is 10.9. The molecule has 0 aliphatic heterocycles. The number of hydrogen-bond donors (Lipinski definition) is 0. The highest BCUT2D eigenvalue weighted by Gasteiger charge is 2.05. The molecular weight excluding hydrogens is 236 g/mol. The number of benzene rings is 1. The van der Waals surface area contributed by atoms with Crippen LogP contribution in [0.15, 0.2) is 24.3 Å². The number of rotatable bonds is 5. The summed E-state index contributed by atoms with van der Waals surface area (Å²) in [6.45, 7) is 0.655. The van der Waals surface area contributed by atoms with E-state index in [1.807, 2.05) is 24.1 Å². The van der Waals surface area contributed by atoms with Gasteiger partial charge in [-0.25, -0.2) is 8.42 Å². The van der Waals surface area contributed by atoms with Crippen molar-refractivity contribution in [2.75, 3.05) is 30.5 Å². The fourth-order valence-corrected chi connectivity index (χ4v) is 2.16. The Bertz CT molecular complexity index is 518. The second kappa shape index (κ2) is 5.69. The minimum atomic E-state index is -2.89. The van der Waals surface area contributed by atoms with Gasteiger partial charge in [0.1, 0.15) is 9.84 Å². The molecule has 0 atom stereocenters. The lowest BCUT2D eigenvalue weighted by Gasteiger charge is -2.19. The van der Waals surface area contributed by atoms with E-state index in [9.17, 15) is 8.42 Å². The van der Waals surface area contributed by atoms with Gasteiger partial charge in [0.15, 0.2) is 0 Å². The van der Waals surface area contributed by atoms with Gasteiger partial charge in [-0.05, 0) is 24.6 Å². The molecule has 4 nitrogen and oxygen atoms in total. The molecule has 17 heavy (non-hydrogen) atoms. The maximum atomic E-state index is 11.0. The minimum Gasteiger partial charge on any atom is -0.375 e. The standard InChI is InChI=1S/C12H16N2O2S/c1-14(7-4-8-17(2,15)16)12-6-3-5-11(9-12)10-13/h3,5-6,9H,4,7-8H2,1-2H3. The maximum Gasteiger partial charge on any atom is 0.147 e. The SMILES string of the molecule is CN(CCCS(C)(=O)=O)c1cccc(C#N)c1. The molecular formula is C12H16N2O2S. The molecule has 5 heteroatoms. The lowest BCUT2D eigenvalue weighted by atomic mass is 10.2. The Labute approximate surface area is 102 Å². The molecule has 1 rings (SSSR count). The van der Waals surface area contributed by atoms with Crippen LogP contribution in [0.25, 0.3) is 0 Å². The van der Waals surface area contributed by atoms with Crippen LogP contribution in [-0.2, 0) is 9.84 Å². The van der Waals surface area contributed by atoms with E-state index in [2.05, 4.69) is 6.07 Å². The van der Waals surface area contributed by atoms with Crippen molar-refractivity contribution in [1.82, 2.24) is 0 Å². The summed E-state index contributed by atoms with van der Waals surface area (Å²) in [7, 11) is -1.01. The van der Waals surface area contributed by atoms with Gasteiger partial charge in [0.25, 0.3) is 0 Å². The minimum absolute atomic E-state index is 0.190. The summed E-state index contributed by atoms with van der Waals surface area (Å²) in [6.07, 6.45) is 1.83. The van der Waals surface area contributed by atoms with E-state index < -0.39 is 9.84 Å². The predicted molar refractivity (Wildman–Crippen MR) is 68.8 cm³/mol. The monoisotopic (exact) mass is 252 g/mol. The van der Waals surface area contributed by atoms with Gasteiger partial charge in [-0.3, -0.25) is 0 Å². The smallest absolute Gasteiger partial charge is 0.147 e. The topological polar surface area (TPSA) is 61.2 Å². The zero-order chi connectivity index (χ0) is 12.9. The molecule has 0 amide bonds. The molecule has 0 unspecified atom stereocenters. The van der Waals surface area contributed by atoms with Gasteiger partial charge >= 0.3 is 0 Å². The van der Waals surface area contributed by atoms with Crippen molar-refractivity contribution in [3.63, 3.8) is 0 Å². The predicted octanol–water partition coefficient (Wildman–Crippen LogP) is 1.43. The van der Waals surface area contributed by atoms with E-state index in [1.54, 1.807) is 12.1 Å². The number of sulfone groups is 1. The molecule has 0 saturated heterocycles. The van der Waals surface area contributed by atoms with Gasteiger partial charge in [-0.2, -0.15) is 5.26 Å². The summed E-state index contributed by atoms with van der Waals surface area (Å²) >= 11 is 0. The molecule has 0 N–H and O–H groups in total. The summed E-state index contributed by atoms with van der Waals surface area (Å²) in [5.74, 6) is 0.190. The van der Waals surface area contributed by atoms with Crippen molar-refractivity contribution in [2.24, 2.45) is 0 Å². The van der Waals surface area contributed by atoms with Gasteiger partial charge in [0.2, 0.25) is 0 Å². The molecule has 0 radical (unpaired) electrons. The number of hydrogen-bond acceptors (Lipinski definition) is 4. The highest BCUT2D eigenvalue weighted by molar-refractivity contribution is 7.90. The molecule has 0 bridgehead atoms. The first-order chi connectivity index (χ1) is 7.92. The zero-order valence-corrected chi connectivity index (χ0v) is 10.9. The van der Waals surface area contributed by atoms with E-state index >= 15 is 0 Å². The Hall–Kier alpha value is -1.54. The first-order valence-electron chi connectivity index (χ1n) is 5.31. The van der Waals surface area contributed by atoms with Crippen LogP contribution >= 0.6 is 0 Å². The first-order valence-corrected chi connectivity index (χ1v) is 7.37. The molecule has 0 aromatic heterocycles. The average Bonchev–Trinajstić information content (AvgIpc) is 2.27. The second-order valence-corrected chi connectivity index (χ2v) is 6.33. The third-order valence-corrected chi connectivity index (χ3v) is 3.45. The summed E-state index contributed by atoms with van der Waals surface area (Å²) in [5.41, 5.74) is 1.54. The largest absolute Gasteiger partial charge is 0.375 e. The van der Waals surface area contributed by atoms with Crippen molar-refractivity contribution >= 4 is 15.5 Å². The fourth-order valence-electron chi connectivity index (χ4n) is 1.51. The molecule has 1 aromatic rings. The van der Waals surface area contributed by atoms with Crippen molar-refractivity contribution in [3.05, 3.63) is 29.8 Å². The van der Waals surface area contributed by atoms with Crippen molar-refractivity contribution in [3.8, 4) is 6.07 Å². The third kappa shape index (κ3) is 4.87.